The average Bonchev–Trinajstić information content (AvgIpc) is 3.41. The van der Waals surface area contributed by atoms with Crippen molar-refractivity contribution >= 4 is 58.2 Å². The number of likely N-dealkylation sites (tertiary alicyclic amines) is 1. The zero-order chi connectivity index (χ0) is 22.2. The molecule has 2 aromatic rings. The minimum Gasteiger partial charge on any atom is -0.481 e. The number of carboxylic acids is 1. The molecule has 3 heterocycles. The molecule has 1 atom stereocenters. The predicted molar refractivity (Wildman–Crippen MR) is 121 cm³/mol. The Morgan fingerprint density at radius 3 is 2.84 bits per heavy atom. The van der Waals surface area contributed by atoms with Crippen molar-refractivity contribution in [3.63, 3.8) is 0 Å². The normalized spacial score (nSPS) is 19.8. The Bertz CT molecular complexity index is 1040. The topological polar surface area (TPSA) is 90.8 Å². The summed E-state index contributed by atoms with van der Waals surface area (Å²) in [5.74, 6) is -0.358. The summed E-state index contributed by atoms with van der Waals surface area (Å²) < 4.78 is 0.905. The number of carboxylic acid groups (broad SMARTS) is 1. The van der Waals surface area contributed by atoms with Gasteiger partial charge >= 0.3 is 5.97 Å². The van der Waals surface area contributed by atoms with Gasteiger partial charge in [-0.1, -0.05) is 11.6 Å². The van der Waals surface area contributed by atoms with E-state index in [0.29, 0.717) is 35.4 Å². The number of nitrogens with zero attached hydrogens (tertiary/aromatic N) is 3. The molecule has 1 aromatic heterocycles. The number of benzene rings is 1. The number of thioether (sulfide) groups is 1. The quantitative estimate of drug-likeness (QED) is 0.638. The van der Waals surface area contributed by atoms with Gasteiger partial charge in [0.2, 0.25) is 11.8 Å². The Labute approximate surface area is 193 Å². The van der Waals surface area contributed by atoms with E-state index >= 15 is 0 Å². The first-order chi connectivity index (χ1) is 14.8. The molecule has 0 radical (unpaired) electrons. The van der Waals surface area contributed by atoms with Gasteiger partial charge in [-0.2, -0.15) is 0 Å². The maximum atomic E-state index is 13.2. The van der Waals surface area contributed by atoms with Crippen molar-refractivity contribution in [2.45, 2.75) is 35.8 Å². The van der Waals surface area contributed by atoms with Crippen LogP contribution in [0.15, 0.2) is 28.6 Å². The summed E-state index contributed by atoms with van der Waals surface area (Å²) in [5.41, 5.74) is 1.59. The smallest absolute Gasteiger partial charge is 0.304 e. The molecule has 31 heavy (non-hydrogen) atoms. The number of anilines is 1. The lowest BCUT2D eigenvalue weighted by atomic mass is 9.81. The monoisotopic (exact) mass is 479 g/mol. The number of halogens is 1. The number of fused-ring (bicyclic) bond motifs is 2. The molecule has 0 bridgehead atoms. The van der Waals surface area contributed by atoms with E-state index < -0.39 is 5.97 Å². The van der Waals surface area contributed by atoms with Crippen LogP contribution in [0, 0.1) is 0 Å². The Kier molecular flexibility index (Phi) is 6.27. The van der Waals surface area contributed by atoms with E-state index in [0.717, 1.165) is 21.9 Å². The summed E-state index contributed by atoms with van der Waals surface area (Å²) in [6.45, 7) is 3.36. The van der Waals surface area contributed by atoms with E-state index in [1.54, 1.807) is 24.1 Å². The SMILES string of the molecule is CC(=O)N1CC[C@@]2(C1)CN(C(=O)Cc1ncc(SCCC(=O)O)s1)c1ccc(Cl)cc12. The lowest BCUT2D eigenvalue weighted by molar-refractivity contribution is -0.136. The van der Waals surface area contributed by atoms with Gasteiger partial charge in [-0.25, -0.2) is 4.98 Å². The Balaban J connectivity index is 1.50. The largest absolute Gasteiger partial charge is 0.481 e. The minimum absolute atomic E-state index is 0.0425. The Morgan fingerprint density at radius 1 is 1.32 bits per heavy atom. The number of carbonyl (C=O) groups is 3. The van der Waals surface area contributed by atoms with Crippen molar-refractivity contribution in [3.8, 4) is 0 Å². The number of hydrogen-bond donors (Lipinski definition) is 1. The third-order valence-electron chi connectivity index (χ3n) is 5.78. The summed E-state index contributed by atoms with van der Waals surface area (Å²) >= 11 is 9.13. The molecule has 2 aliphatic heterocycles. The van der Waals surface area contributed by atoms with E-state index in [9.17, 15) is 14.4 Å². The lowest BCUT2D eigenvalue weighted by Gasteiger charge is -2.25. The molecule has 10 heteroatoms. The van der Waals surface area contributed by atoms with E-state index in [1.165, 1.54) is 23.1 Å². The zero-order valence-corrected chi connectivity index (χ0v) is 19.4. The third kappa shape index (κ3) is 4.58. The second-order valence-electron chi connectivity index (χ2n) is 7.85. The van der Waals surface area contributed by atoms with Crippen molar-refractivity contribution in [1.29, 1.82) is 0 Å². The number of carbonyl (C=O) groups excluding carboxylic acids is 2. The maximum absolute atomic E-state index is 13.2. The Morgan fingerprint density at radius 2 is 2.13 bits per heavy atom. The molecule has 0 saturated carbocycles. The molecule has 4 rings (SSSR count). The number of hydrogen-bond acceptors (Lipinski definition) is 6. The van der Waals surface area contributed by atoms with Crippen LogP contribution in [0.2, 0.25) is 5.02 Å². The molecule has 164 valence electrons. The standard InChI is InChI=1S/C21H22ClN3O4S2/c1-13(26)24-6-5-21(11-24)12-25(16-3-2-14(22)8-15(16)21)18(27)9-17-23-10-20(31-17)30-7-4-19(28)29/h2-3,8,10H,4-7,9,11-12H2,1H3,(H,28,29)/t21-/m1/s1. The highest BCUT2D eigenvalue weighted by Gasteiger charge is 2.49. The van der Waals surface area contributed by atoms with Gasteiger partial charge in [-0.3, -0.25) is 14.4 Å². The van der Waals surface area contributed by atoms with Gasteiger partial charge in [0.25, 0.3) is 0 Å². The fourth-order valence-electron chi connectivity index (χ4n) is 4.26. The predicted octanol–water partition coefficient (Wildman–Crippen LogP) is 3.44. The highest BCUT2D eigenvalue weighted by atomic mass is 35.5. The number of amides is 2. The first kappa shape index (κ1) is 22.1. The van der Waals surface area contributed by atoms with Gasteiger partial charge in [0.05, 0.1) is 23.2 Å². The van der Waals surface area contributed by atoms with Crippen LogP contribution < -0.4 is 4.90 Å². The average molecular weight is 480 g/mol. The number of aliphatic carboxylic acids is 1. The molecular formula is C21H22ClN3O4S2. The number of thiazole rings is 1. The Hall–Kier alpha value is -2.10. The summed E-state index contributed by atoms with van der Waals surface area (Å²) in [6.07, 6.45) is 2.76. The van der Waals surface area contributed by atoms with Crippen molar-refractivity contribution < 1.29 is 19.5 Å². The van der Waals surface area contributed by atoms with Gasteiger partial charge in [0.15, 0.2) is 0 Å². The van der Waals surface area contributed by atoms with Crippen LogP contribution in [-0.2, 0) is 26.2 Å². The van der Waals surface area contributed by atoms with Crippen LogP contribution in [0.1, 0.15) is 30.3 Å². The van der Waals surface area contributed by atoms with Crippen molar-refractivity contribution in [2.24, 2.45) is 0 Å². The molecule has 1 saturated heterocycles. The van der Waals surface area contributed by atoms with Gasteiger partial charge in [0, 0.05) is 48.4 Å². The summed E-state index contributed by atoms with van der Waals surface area (Å²) in [5, 5.41) is 10.1. The molecule has 1 spiro atoms. The third-order valence-corrected chi connectivity index (χ3v) is 8.21. The molecule has 1 aromatic carbocycles. The molecule has 0 aliphatic carbocycles. The summed E-state index contributed by atoms with van der Waals surface area (Å²) in [4.78, 5) is 43.8. The molecule has 1 N–H and O–H groups in total. The molecule has 7 nitrogen and oxygen atoms in total. The van der Waals surface area contributed by atoms with Crippen LogP contribution in [0.4, 0.5) is 5.69 Å². The van der Waals surface area contributed by atoms with Crippen LogP contribution >= 0.6 is 34.7 Å². The molecule has 0 unspecified atom stereocenters. The fraction of sp³-hybridized carbons (Fsp3) is 0.429. The number of aromatic nitrogens is 1. The minimum atomic E-state index is -0.829. The number of rotatable bonds is 6. The van der Waals surface area contributed by atoms with Crippen LogP contribution in [-0.4, -0.2) is 58.2 Å². The molecule has 2 aliphatic rings. The second kappa shape index (κ2) is 8.80. The van der Waals surface area contributed by atoms with Crippen LogP contribution in [0.25, 0.3) is 0 Å². The van der Waals surface area contributed by atoms with Gasteiger partial charge in [-0.05, 0) is 30.2 Å². The van der Waals surface area contributed by atoms with E-state index in [4.69, 9.17) is 16.7 Å². The van der Waals surface area contributed by atoms with E-state index in [2.05, 4.69) is 4.98 Å². The van der Waals surface area contributed by atoms with Crippen molar-refractivity contribution in [3.05, 3.63) is 40.0 Å². The zero-order valence-electron chi connectivity index (χ0n) is 17.0. The molecule has 2 amide bonds. The highest BCUT2D eigenvalue weighted by Crippen LogP contribution is 2.47. The molecule has 1 fully saturated rings. The summed E-state index contributed by atoms with van der Waals surface area (Å²) in [6, 6.07) is 5.60. The second-order valence-corrected chi connectivity index (χ2v) is 10.8. The fourth-order valence-corrected chi connectivity index (χ4v) is 6.45. The summed E-state index contributed by atoms with van der Waals surface area (Å²) in [7, 11) is 0. The molecular weight excluding hydrogens is 458 g/mol. The van der Waals surface area contributed by atoms with E-state index in [1.807, 2.05) is 17.0 Å². The van der Waals surface area contributed by atoms with E-state index in [-0.39, 0.29) is 30.1 Å². The van der Waals surface area contributed by atoms with Gasteiger partial charge in [-0.15, -0.1) is 23.1 Å². The lowest BCUT2D eigenvalue weighted by Crippen LogP contribution is -2.40. The van der Waals surface area contributed by atoms with Crippen molar-refractivity contribution in [2.75, 3.05) is 30.3 Å². The van der Waals surface area contributed by atoms with Crippen LogP contribution in [0.3, 0.4) is 0 Å². The first-order valence-corrected chi connectivity index (χ1v) is 12.1. The highest BCUT2D eigenvalue weighted by molar-refractivity contribution is 8.01. The maximum Gasteiger partial charge on any atom is 0.304 e. The van der Waals surface area contributed by atoms with Crippen LogP contribution in [0.5, 0.6) is 0 Å². The van der Waals surface area contributed by atoms with Gasteiger partial charge < -0.3 is 14.9 Å². The van der Waals surface area contributed by atoms with Crippen molar-refractivity contribution in [1.82, 2.24) is 9.88 Å². The first-order valence-electron chi connectivity index (χ1n) is 9.93. The van der Waals surface area contributed by atoms with Gasteiger partial charge in [0.1, 0.15) is 5.01 Å².